The van der Waals surface area contributed by atoms with Crippen LogP contribution < -0.4 is 0 Å². The Balaban J connectivity index is 1.95. The molecule has 1 aliphatic carbocycles. The normalized spacial score (nSPS) is 23.9. The second-order valence-corrected chi connectivity index (χ2v) is 6.81. The molecule has 1 heterocycles. The zero-order valence-corrected chi connectivity index (χ0v) is 14.4. The number of esters is 1. The standard InChI is InChI=1S/C19H31NO3/c1-3-5-12-19(22,16-8-6-7-9-16)18(21)23-17-10-14-20(13-4-2)15-11-17/h4-5,12,16-17,22H,2-3,6-11,13-15H2,1H3/b12-5+/t19-/m0/s1. The third-order valence-corrected chi connectivity index (χ3v) is 5.11. The van der Waals surface area contributed by atoms with Crippen molar-refractivity contribution in [1.82, 2.24) is 4.90 Å². The highest BCUT2D eigenvalue weighted by atomic mass is 16.6. The quantitative estimate of drug-likeness (QED) is 0.578. The van der Waals surface area contributed by atoms with Gasteiger partial charge in [-0.3, -0.25) is 4.90 Å². The summed E-state index contributed by atoms with van der Waals surface area (Å²) in [5.41, 5.74) is -1.44. The van der Waals surface area contributed by atoms with Crippen molar-refractivity contribution in [3.05, 3.63) is 24.8 Å². The van der Waals surface area contributed by atoms with Crippen molar-refractivity contribution in [2.24, 2.45) is 5.92 Å². The molecule has 0 bridgehead atoms. The molecule has 0 radical (unpaired) electrons. The van der Waals surface area contributed by atoms with Gasteiger partial charge in [-0.2, -0.15) is 0 Å². The van der Waals surface area contributed by atoms with E-state index in [4.69, 9.17) is 4.74 Å². The molecule has 4 heteroatoms. The van der Waals surface area contributed by atoms with E-state index in [-0.39, 0.29) is 12.0 Å². The van der Waals surface area contributed by atoms with E-state index in [2.05, 4.69) is 11.5 Å². The van der Waals surface area contributed by atoms with Crippen LogP contribution in [0.5, 0.6) is 0 Å². The molecule has 0 unspecified atom stereocenters. The van der Waals surface area contributed by atoms with Gasteiger partial charge in [0.25, 0.3) is 0 Å². The number of carbonyl (C=O) groups is 1. The Labute approximate surface area is 140 Å². The first-order chi connectivity index (χ1) is 11.1. The van der Waals surface area contributed by atoms with Crippen molar-refractivity contribution in [3.63, 3.8) is 0 Å². The molecule has 0 aromatic heterocycles. The third kappa shape index (κ3) is 4.67. The zero-order valence-electron chi connectivity index (χ0n) is 14.4. The van der Waals surface area contributed by atoms with Gasteiger partial charge in [0.1, 0.15) is 6.10 Å². The van der Waals surface area contributed by atoms with E-state index in [1.54, 1.807) is 6.08 Å². The van der Waals surface area contributed by atoms with E-state index in [9.17, 15) is 9.90 Å². The fourth-order valence-corrected chi connectivity index (χ4v) is 3.67. The number of aliphatic hydroxyl groups is 1. The molecule has 1 saturated carbocycles. The van der Waals surface area contributed by atoms with Gasteiger partial charge in [0, 0.05) is 25.6 Å². The van der Waals surface area contributed by atoms with E-state index in [0.717, 1.165) is 64.6 Å². The molecule has 0 aromatic carbocycles. The number of likely N-dealkylation sites (tertiary alicyclic amines) is 1. The Morgan fingerprint density at radius 2 is 1.96 bits per heavy atom. The first kappa shape index (κ1) is 18.2. The maximum atomic E-state index is 12.7. The van der Waals surface area contributed by atoms with Crippen LogP contribution in [0.3, 0.4) is 0 Å². The number of hydrogen-bond donors (Lipinski definition) is 1. The number of piperidine rings is 1. The summed E-state index contributed by atoms with van der Waals surface area (Å²) in [7, 11) is 0. The minimum Gasteiger partial charge on any atom is -0.460 e. The first-order valence-electron chi connectivity index (χ1n) is 9.04. The van der Waals surface area contributed by atoms with Crippen LogP contribution in [0.25, 0.3) is 0 Å². The molecule has 0 spiro atoms. The minimum atomic E-state index is -1.44. The van der Waals surface area contributed by atoms with Crippen molar-refractivity contribution in [2.75, 3.05) is 19.6 Å². The summed E-state index contributed by atoms with van der Waals surface area (Å²) in [6.45, 7) is 8.47. The summed E-state index contributed by atoms with van der Waals surface area (Å²) in [5, 5.41) is 11.0. The predicted octanol–water partition coefficient (Wildman–Crippen LogP) is 3.07. The number of rotatable bonds is 7. The number of nitrogens with zero attached hydrogens (tertiary/aromatic N) is 1. The SMILES string of the molecule is C=CCN1CCC(OC(=O)[C@](O)(/C=C/CC)C2CCCC2)CC1. The van der Waals surface area contributed by atoms with Gasteiger partial charge in [0.2, 0.25) is 0 Å². The van der Waals surface area contributed by atoms with Gasteiger partial charge >= 0.3 is 5.97 Å². The van der Waals surface area contributed by atoms with Crippen molar-refractivity contribution in [1.29, 1.82) is 0 Å². The maximum absolute atomic E-state index is 12.7. The average Bonchev–Trinajstić information content (AvgIpc) is 3.09. The molecule has 2 fully saturated rings. The summed E-state index contributed by atoms with van der Waals surface area (Å²) in [4.78, 5) is 15.0. The molecule has 0 amide bonds. The monoisotopic (exact) mass is 321 g/mol. The molecule has 130 valence electrons. The van der Waals surface area contributed by atoms with Crippen LogP contribution in [0.1, 0.15) is 51.9 Å². The molecule has 2 aliphatic rings. The first-order valence-corrected chi connectivity index (χ1v) is 9.04. The molecule has 2 rings (SSSR count). The van der Waals surface area contributed by atoms with Crippen LogP contribution >= 0.6 is 0 Å². The molecular weight excluding hydrogens is 290 g/mol. The Morgan fingerprint density at radius 1 is 1.30 bits per heavy atom. The van der Waals surface area contributed by atoms with E-state index < -0.39 is 11.6 Å². The van der Waals surface area contributed by atoms with Crippen molar-refractivity contribution in [3.8, 4) is 0 Å². The Morgan fingerprint density at radius 3 is 2.52 bits per heavy atom. The largest absolute Gasteiger partial charge is 0.460 e. The summed E-state index contributed by atoms with van der Waals surface area (Å²) in [5.74, 6) is -0.449. The average molecular weight is 321 g/mol. The maximum Gasteiger partial charge on any atom is 0.342 e. The summed E-state index contributed by atoms with van der Waals surface area (Å²) >= 11 is 0. The lowest BCUT2D eigenvalue weighted by Gasteiger charge is -2.34. The van der Waals surface area contributed by atoms with Crippen LogP contribution in [0.2, 0.25) is 0 Å². The molecule has 1 N–H and O–H groups in total. The van der Waals surface area contributed by atoms with Crippen LogP contribution in [0.4, 0.5) is 0 Å². The summed E-state index contributed by atoms with van der Waals surface area (Å²) in [6, 6.07) is 0. The molecule has 1 aliphatic heterocycles. The van der Waals surface area contributed by atoms with Gasteiger partial charge in [0.05, 0.1) is 0 Å². The lowest BCUT2D eigenvalue weighted by atomic mass is 9.85. The fourth-order valence-electron chi connectivity index (χ4n) is 3.67. The number of allylic oxidation sites excluding steroid dienone is 1. The molecular formula is C19H31NO3. The van der Waals surface area contributed by atoms with Gasteiger partial charge in [-0.25, -0.2) is 4.79 Å². The second-order valence-electron chi connectivity index (χ2n) is 6.81. The van der Waals surface area contributed by atoms with Gasteiger partial charge in [0.15, 0.2) is 5.60 Å². The topological polar surface area (TPSA) is 49.8 Å². The molecule has 4 nitrogen and oxygen atoms in total. The van der Waals surface area contributed by atoms with E-state index >= 15 is 0 Å². The number of hydrogen-bond acceptors (Lipinski definition) is 4. The number of ether oxygens (including phenoxy) is 1. The van der Waals surface area contributed by atoms with E-state index in [1.165, 1.54) is 0 Å². The van der Waals surface area contributed by atoms with Crippen molar-refractivity contribution >= 4 is 5.97 Å². The van der Waals surface area contributed by atoms with Crippen LogP contribution in [-0.2, 0) is 9.53 Å². The zero-order chi connectivity index (χ0) is 16.7. The van der Waals surface area contributed by atoms with Gasteiger partial charge in [-0.15, -0.1) is 6.58 Å². The predicted molar refractivity (Wildman–Crippen MR) is 92.1 cm³/mol. The van der Waals surface area contributed by atoms with Crippen molar-refractivity contribution < 1.29 is 14.6 Å². The number of carbonyl (C=O) groups excluding carboxylic acids is 1. The lowest BCUT2D eigenvalue weighted by molar-refractivity contribution is -0.173. The summed E-state index contributed by atoms with van der Waals surface area (Å²) < 4.78 is 5.70. The van der Waals surface area contributed by atoms with Gasteiger partial charge < -0.3 is 9.84 Å². The van der Waals surface area contributed by atoms with Crippen molar-refractivity contribution in [2.45, 2.75) is 63.6 Å². The third-order valence-electron chi connectivity index (χ3n) is 5.11. The van der Waals surface area contributed by atoms with Gasteiger partial charge in [-0.05, 0) is 38.2 Å². The second kappa shape index (κ2) is 8.65. The molecule has 0 aromatic rings. The molecule has 1 atom stereocenters. The van der Waals surface area contributed by atoms with Crippen LogP contribution in [-0.4, -0.2) is 47.3 Å². The van der Waals surface area contributed by atoms with E-state index in [0.29, 0.717) is 0 Å². The Kier molecular flexibility index (Phi) is 6.85. The summed E-state index contributed by atoms with van der Waals surface area (Å²) in [6.07, 6.45) is 11.8. The van der Waals surface area contributed by atoms with Crippen LogP contribution in [0, 0.1) is 5.92 Å². The highest BCUT2D eigenvalue weighted by molar-refractivity contribution is 5.82. The minimum absolute atomic E-state index is 0.00125. The Bertz CT molecular complexity index is 420. The van der Waals surface area contributed by atoms with Crippen LogP contribution in [0.15, 0.2) is 24.8 Å². The van der Waals surface area contributed by atoms with E-state index in [1.807, 2.05) is 19.1 Å². The fraction of sp³-hybridized carbons (Fsp3) is 0.737. The highest BCUT2D eigenvalue weighted by Gasteiger charge is 2.45. The molecule has 1 saturated heterocycles. The highest BCUT2D eigenvalue weighted by Crippen LogP contribution is 2.36. The Hall–Kier alpha value is -1.13. The van der Waals surface area contributed by atoms with Gasteiger partial charge in [-0.1, -0.05) is 31.9 Å². The lowest BCUT2D eigenvalue weighted by Crippen LogP contribution is -2.47. The smallest absolute Gasteiger partial charge is 0.342 e. The molecule has 23 heavy (non-hydrogen) atoms.